The molecule has 0 radical (unpaired) electrons. The van der Waals surface area contributed by atoms with Crippen molar-refractivity contribution in [1.29, 1.82) is 0 Å². The minimum absolute atomic E-state index is 0.107. The summed E-state index contributed by atoms with van der Waals surface area (Å²) < 4.78 is 3.37. The van der Waals surface area contributed by atoms with Crippen molar-refractivity contribution < 1.29 is 0 Å². The molecule has 1 saturated carbocycles. The molecule has 0 bridgehead atoms. The van der Waals surface area contributed by atoms with Crippen molar-refractivity contribution in [1.82, 2.24) is 19.6 Å². The molecule has 30 heavy (non-hydrogen) atoms. The van der Waals surface area contributed by atoms with Gasteiger partial charge in [-0.3, -0.25) is 4.79 Å². The zero-order valence-electron chi connectivity index (χ0n) is 17.2. The first-order valence-electron chi connectivity index (χ1n) is 10.4. The molecule has 4 aromatic rings. The lowest BCUT2D eigenvalue weighted by Gasteiger charge is -2.10. The van der Waals surface area contributed by atoms with Gasteiger partial charge in [0.1, 0.15) is 5.52 Å². The minimum Gasteiger partial charge on any atom is -0.265 e. The van der Waals surface area contributed by atoms with Gasteiger partial charge in [0, 0.05) is 11.3 Å². The van der Waals surface area contributed by atoms with E-state index < -0.39 is 0 Å². The zero-order chi connectivity index (χ0) is 20.7. The summed E-state index contributed by atoms with van der Waals surface area (Å²) >= 11 is 0. The van der Waals surface area contributed by atoms with E-state index in [1.807, 2.05) is 48.6 Å². The van der Waals surface area contributed by atoms with Gasteiger partial charge < -0.3 is 0 Å². The number of fused-ring (bicyclic) bond motifs is 1. The highest BCUT2D eigenvalue weighted by molar-refractivity contribution is 5.82. The van der Waals surface area contributed by atoms with E-state index >= 15 is 0 Å². The molecule has 0 amide bonds. The Hall–Kier alpha value is -3.47. The Morgan fingerprint density at radius 1 is 1.10 bits per heavy atom. The molecule has 5 nitrogen and oxygen atoms in total. The molecule has 150 valence electrons. The fraction of sp³-hybridized carbons (Fsp3) is 0.240. The van der Waals surface area contributed by atoms with E-state index in [0.717, 1.165) is 40.7 Å². The van der Waals surface area contributed by atoms with Crippen molar-refractivity contribution in [2.75, 3.05) is 0 Å². The van der Waals surface area contributed by atoms with Crippen LogP contribution in [0.25, 0.3) is 22.7 Å². The molecular formula is C25H24N4O. The summed E-state index contributed by atoms with van der Waals surface area (Å²) in [5.74, 6) is 0.425. The zero-order valence-corrected chi connectivity index (χ0v) is 17.2. The summed E-state index contributed by atoms with van der Waals surface area (Å²) in [4.78, 5) is 13.4. The third-order valence-corrected chi connectivity index (χ3v) is 5.64. The van der Waals surface area contributed by atoms with Gasteiger partial charge in [0.15, 0.2) is 0 Å². The Morgan fingerprint density at radius 2 is 1.90 bits per heavy atom. The molecule has 2 heterocycles. The highest BCUT2D eigenvalue weighted by Crippen LogP contribution is 2.41. The molecular weight excluding hydrogens is 372 g/mol. The van der Waals surface area contributed by atoms with Crippen LogP contribution in [-0.2, 0) is 6.54 Å². The van der Waals surface area contributed by atoms with Crippen molar-refractivity contribution in [3.63, 3.8) is 0 Å². The van der Waals surface area contributed by atoms with Crippen LogP contribution in [0.15, 0.2) is 65.6 Å². The number of hydrogen-bond acceptors (Lipinski definition) is 3. The summed E-state index contributed by atoms with van der Waals surface area (Å²) in [5.41, 5.74) is 5.84. The van der Waals surface area contributed by atoms with Crippen LogP contribution in [0, 0.1) is 13.8 Å². The van der Waals surface area contributed by atoms with Gasteiger partial charge in [-0.05, 0) is 43.9 Å². The van der Waals surface area contributed by atoms with Crippen LogP contribution in [0.4, 0.5) is 0 Å². The second-order valence-corrected chi connectivity index (χ2v) is 8.07. The SMILES string of the molecule is Cc1ccc(-n2ncc3c(C4CC4)nn(C/C=C/c4ccccc4)c(=O)c32)c(C)c1. The van der Waals surface area contributed by atoms with E-state index in [-0.39, 0.29) is 5.56 Å². The Kier molecular flexibility index (Phi) is 4.58. The molecule has 0 aliphatic heterocycles. The monoisotopic (exact) mass is 396 g/mol. The van der Waals surface area contributed by atoms with E-state index in [4.69, 9.17) is 5.10 Å². The van der Waals surface area contributed by atoms with Crippen LogP contribution in [0.5, 0.6) is 0 Å². The van der Waals surface area contributed by atoms with Crippen LogP contribution < -0.4 is 5.56 Å². The second kappa shape index (κ2) is 7.41. The molecule has 1 fully saturated rings. The van der Waals surface area contributed by atoms with E-state index in [2.05, 4.69) is 31.1 Å². The Labute approximate surface area is 175 Å². The second-order valence-electron chi connectivity index (χ2n) is 8.07. The van der Waals surface area contributed by atoms with Gasteiger partial charge in [-0.25, -0.2) is 9.36 Å². The smallest absolute Gasteiger partial charge is 0.265 e. The van der Waals surface area contributed by atoms with Gasteiger partial charge in [0.05, 0.1) is 24.1 Å². The summed E-state index contributed by atoms with van der Waals surface area (Å²) in [6.07, 6.45) is 8.06. The molecule has 0 spiro atoms. The van der Waals surface area contributed by atoms with Crippen LogP contribution in [-0.4, -0.2) is 19.6 Å². The summed E-state index contributed by atoms with van der Waals surface area (Å²) in [7, 11) is 0. The van der Waals surface area contributed by atoms with Crippen LogP contribution in [0.1, 0.15) is 41.1 Å². The van der Waals surface area contributed by atoms with Crippen LogP contribution in [0.3, 0.4) is 0 Å². The number of rotatable bonds is 5. The van der Waals surface area contributed by atoms with Gasteiger partial charge in [0.25, 0.3) is 5.56 Å². The maximum atomic E-state index is 13.4. The molecule has 5 heteroatoms. The minimum atomic E-state index is -0.107. The number of nitrogens with zero attached hydrogens (tertiary/aromatic N) is 4. The lowest BCUT2D eigenvalue weighted by atomic mass is 10.1. The predicted octanol–water partition coefficient (Wildman–Crippen LogP) is 4.79. The highest BCUT2D eigenvalue weighted by atomic mass is 16.1. The summed E-state index contributed by atoms with van der Waals surface area (Å²) in [6.45, 7) is 4.56. The Balaban J connectivity index is 1.62. The molecule has 1 aliphatic rings. The number of hydrogen-bond donors (Lipinski definition) is 0. The number of benzene rings is 2. The molecule has 5 rings (SSSR count). The number of aromatic nitrogens is 4. The predicted molar refractivity (Wildman–Crippen MR) is 120 cm³/mol. The summed E-state index contributed by atoms with van der Waals surface area (Å²) in [6, 6.07) is 16.3. The third-order valence-electron chi connectivity index (χ3n) is 5.64. The third kappa shape index (κ3) is 3.36. The van der Waals surface area contributed by atoms with Crippen molar-refractivity contribution in [2.45, 2.75) is 39.2 Å². The topological polar surface area (TPSA) is 52.7 Å². The van der Waals surface area contributed by atoms with Gasteiger partial charge in [-0.1, -0.05) is 60.2 Å². The fourth-order valence-electron chi connectivity index (χ4n) is 3.95. The van der Waals surface area contributed by atoms with Crippen LogP contribution in [0.2, 0.25) is 0 Å². The molecule has 0 unspecified atom stereocenters. The van der Waals surface area contributed by atoms with Crippen molar-refractivity contribution in [3.8, 4) is 5.69 Å². The number of allylic oxidation sites excluding steroid dienone is 1. The van der Waals surface area contributed by atoms with E-state index in [1.165, 1.54) is 5.56 Å². The molecule has 2 aromatic carbocycles. The first kappa shape index (κ1) is 18.6. The summed E-state index contributed by atoms with van der Waals surface area (Å²) in [5, 5.41) is 10.2. The molecule has 0 atom stereocenters. The number of aryl methyl sites for hydroxylation is 2. The lowest BCUT2D eigenvalue weighted by molar-refractivity contribution is 0.638. The molecule has 0 N–H and O–H groups in total. The normalized spacial score (nSPS) is 14.1. The average molecular weight is 396 g/mol. The van der Waals surface area contributed by atoms with Gasteiger partial charge in [0.2, 0.25) is 0 Å². The van der Waals surface area contributed by atoms with E-state index in [1.54, 1.807) is 15.6 Å². The van der Waals surface area contributed by atoms with E-state index in [0.29, 0.717) is 18.0 Å². The fourth-order valence-corrected chi connectivity index (χ4v) is 3.95. The lowest BCUT2D eigenvalue weighted by Crippen LogP contribution is -2.25. The van der Waals surface area contributed by atoms with E-state index in [9.17, 15) is 4.79 Å². The van der Waals surface area contributed by atoms with Gasteiger partial charge in [-0.15, -0.1) is 0 Å². The van der Waals surface area contributed by atoms with Gasteiger partial charge >= 0.3 is 0 Å². The Morgan fingerprint density at radius 3 is 2.63 bits per heavy atom. The van der Waals surface area contributed by atoms with Crippen molar-refractivity contribution >= 4 is 17.0 Å². The maximum absolute atomic E-state index is 13.4. The standard InChI is InChI=1S/C25H24N4O/c1-17-10-13-22(18(2)15-17)29-24-21(16-26-29)23(20-11-12-20)27-28(25(24)30)14-6-9-19-7-4-3-5-8-19/h3-10,13,15-16,20H,11-12,14H2,1-2H3/b9-6+. The Bertz CT molecular complexity index is 1310. The molecule has 0 saturated heterocycles. The van der Waals surface area contributed by atoms with Crippen molar-refractivity contribution in [3.05, 3.63) is 93.5 Å². The van der Waals surface area contributed by atoms with Crippen molar-refractivity contribution in [2.24, 2.45) is 0 Å². The van der Waals surface area contributed by atoms with Gasteiger partial charge in [-0.2, -0.15) is 10.2 Å². The molecule has 2 aromatic heterocycles. The average Bonchev–Trinajstić information content (AvgIpc) is 3.49. The molecule has 1 aliphatic carbocycles. The van der Waals surface area contributed by atoms with Crippen LogP contribution >= 0.6 is 0 Å². The largest absolute Gasteiger partial charge is 0.293 e. The highest BCUT2D eigenvalue weighted by Gasteiger charge is 2.30. The first-order valence-corrected chi connectivity index (χ1v) is 10.4. The maximum Gasteiger partial charge on any atom is 0.293 e. The quantitative estimate of drug-likeness (QED) is 0.487. The first-order chi connectivity index (χ1) is 14.6.